The Labute approximate surface area is 151 Å². The summed E-state index contributed by atoms with van der Waals surface area (Å²) in [5.41, 5.74) is 6.77. The molecule has 25 heavy (non-hydrogen) atoms. The van der Waals surface area contributed by atoms with Crippen LogP contribution in [0.3, 0.4) is 0 Å². The molecule has 0 amide bonds. The van der Waals surface area contributed by atoms with Crippen LogP contribution in [0.25, 0.3) is 0 Å². The Morgan fingerprint density at radius 1 is 1.24 bits per heavy atom. The molecule has 0 spiro atoms. The fraction of sp³-hybridized carbons (Fsp3) is 0.471. The summed E-state index contributed by atoms with van der Waals surface area (Å²) in [6.07, 6.45) is 0.874. The lowest BCUT2D eigenvalue weighted by atomic mass is 9.98. The Kier molecular flexibility index (Phi) is 5.08. The number of aliphatic imine (C=N–C) groups is 1. The second kappa shape index (κ2) is 7.26. The molecule has 0 radical (unpaired) electrons. The van der Waals surface area contributed by atoms with Crippen LogP contribution in [-0.2, 0) is 12.0 Å². The van der Waals surface area contributed by atoms with Crippen molar-refractivity contribution in [2.24, 2.45) is 10.7 Å². The van der Waals surface area contributed by atoms with E-state index in [9.17, 15) is 0 Å². The predicted molar refractivity (Wildman–Crippen MR) is 99.6 cm³/mol. The first-order chi connectivity index (χ1) is 11.9. The highest BCUT2D eigenvalue weighted by Crippen LogP contribution is 2.32. The van der Waals surface area contributed by atoms with Crippen molar-refractivity contribution in [3.8, 4) is 11.5 Å². The average molecular weight is 361 g/mol. The standard InChI is InChI=1S/C17H23N5O2S/c1-17(2,3)15-22-21-14(25-15)10-19-16(18)20-11-5-6-12-13(9-11)24-8-4-7-23-12/h5-6,9H,4,7-8,10H2,1-3H3,(H3,18,19,20). The van der Waals surface area contributed by atoms with E-state index in [0.29, 0.717) is 31.5 Å². The minimum absolute atomic E-state index is 0.00661. The maximum absolute atomic E-state index is 5.98. The van der Waals surface area contributed by atoms with Crippen LogP contribution in [0.4, 0.5) is 5.69 Å². The first-order valence-corrected chi connectivity index (χ1v) is 9.03. The summed E-state index contributed by atoms with van der Waals surface area (Å²) in [6, 6.07) is 5.63. The zero-order chi connectivity index (χ0) is 17.9. The molecule has 0 saturated carbocycles. The van der Waals surface area contributed by atoms with Gasteiger partial charge < -0.3 is 20.5 Å². The highest BCUT2D eigenvalue weighted by Gasteiger charge is 2.19. The Morgan fingerprint density at radius 2 is 2.00 bits per heavy atom. The van der Waals surface area contributed by atoms with Crippen LogP contribution in [0, 0.1) is 0 Å². The molecule has 0 atom stereocenters. The number of nitrogens with one attached hydrogen (secondary N) is 1. The molecule has 1 aliphatic rings. The van der Waals surface area contributed by atoms with Gasteiger partial charge in [-0.15, -0.1) is 10.2 Å². The molecule has 134 valence electrons. The van der Waals surface area contributed by atoms with Crippen molar-refractivity contribution >= 4 is 23.0 Å². The molecule has 1 aliphatic heterocycles. The lowest BCUT2D eigenvalue weighted by Gasteiger charge is -2.12. The minimum atomic E-state index is -0.00661. The Balaban J connectivity index is 1.63. The van der Waals surface area contributed by atoms with E-state index in [1.165, 1.54) is 0 Å². The number of nitrogens with zero attached hydrogens (tertiary/aromatic N) is 3. The fourth-order valence-electron chi connectivity index (χ4n) is 2.20. The summed E-state index contributed by atoms with van der Waals surface area (Å²) in [5, 5.41) is 13.3. The van der Waals surface area contributed by atoms with Gasteiger partial charge in [0, 0.05) is 23.6 Å². The number of guanidine groups is 1. The molecular formula is C17H23N5O2S. The van der Waals surface area contributed by atoms with Gasteiger partial charge >= 0.3 is 0 Å². The van der Waals surface area contributed by atoms with Gasteiger partial charge in [-0.05, 0) is 12.1 Å². The first kappa shape index (κ1) is 17.5. The molecule has 0 bridgehead atoms. The number of benzene rings is 1. The topological polar surface area (TPSA) is 94.7 Å². The maximum Gasteiger partial charge on any atom is 0.193 e. The summed E-state index contributed by atoms with van der Waals surface area (Å²) < 4.78 is 11.3. The normalized spacial score (nSPS) is 14.9. The summed E-state index contributed by atoms with van der Waals surface area (Å²) in [7, 11) is 0. The molecule has 0 fully saturated rings. The lowest BCUT2D eigenvalue weighted by Crippen LogP contribution is -2.22. The summed E-state index contributed by atoms with van der Waals surface area (Å²) in [5.74, 6) is 1.79. The third-order valence-corrected chi connectivity index (χ3v) is 4.85. The Bertz CT molecular complexity index is 767. The molecule has 7 nitrogen and oxygen atoms in total. The molecule has 1 aromatic carbocycles. The van der Waals surface area contributed by atoms with E-state index in [1.807, 2.05) is 18.2 Å². The van der Waals surface area contributed by atoms with Crippen molar-refractivity contribution in [2.75, 3.05) is 18.5 Å². The van der Waals surface area contributed by atoms with Crippen LogP contribution in [0.1, 0.15) is 37.2 Å². The summed E-state index contributed by atoms with van der Waals surface area (Å²) >= 11 is 1.56. The third kappa shape index (κ3) is 4.60. The number of rotatable bonds is 3. The van der Waals surface area contributed by atoms with Crippen LogP contribution in [-0.4, -0.2) is 29.4 Å². The van der Waals surface area contributed by atoms with Gasteiger partial charge in [0.2, 0.25) is 0 Å². The van der Waals surface area contributed by atoms with E-state index in [1.54, 1.807) is 11.3 Å². The molecule has 2 aromatic rings. The number of anilines is 1. The number of fused-ring (bicyclic) bond motifs is 1. The SMILES string of the molecule is CC(C)(C)c1nnc(CN=C(N)Nc2ccc3c(c2)OCCCO3)s1. The molecule has 1 aromatic heterocycles. The van der Waals surface area contributed by atoms with E-state index in [-0.39, 0.29) is 5.41 Å². The van der Waals surface area contributed by atoms with Gasteiger partial charge in [-0.25, -0.2) is 4.99 Å². The molecule has 3 rings (SSSR count). The highest BCUT2D eigenvalue weighted by molar-refractivity contribution is 7.11. The second-order valence-corrected chi connectivity index (χ2v) is 7.85. The van der Waals surface area contributed by atoms with Gasteiger partial charge in [0.1, 0.15) is 10.0 Å². The van der Waals surface area contributed by atoms with Crippen LogP contribution < -0.4 is 20.5 Å². The number of hydrogen-bond acceptors (Lipinski definition) is 6. The minimum Gasteiger partial charge on any atom is -0.490 e. The number of aromatic nitrogens is 2. The smallest absolute Gasteiger partial charge is 0.193 e. The summed E-state index contributed by atoms with van der Waals surface area (Å²) in [6.45, 7) is 8.05. The zero-order valence-electron chi connectivity index (χ0n) is 14.7. The predicted octanol–water partition coefficient (Wildman–Crippen LogP) is 2.92. The van der Waals surface area contributed by atoms with E-state index in [0.717, 1.165) is 27.9 Å². The van der Waals surface area contributed by atoms with Crippen molar-refractivity contribution in [3.63, 3.8) is 0 Å². The third-order valence-electron chi connectivity index (χ3n) is 3.51. The second-order valence-electron chi connectivity index (χ2n) is 6.79. The monoisotopic (exact) mass is 361 g/mol. The summed E-state index contributed by atoms with van der Waals surface area (Å²) in [4.78, 5) is 4.33. The van der Waals surface area contributed by atoms with Crippen LogP contribution >= 0.6 is 11.3 Å². The van der Waals surface area contributed by atoms with Crippen molar-refractivity contribution in [2.45, 2.75) is 39.2 Å². The molecular weight excluding hydrogens is 338 g/mol. The van der Waals surface area contributed by atoms with Gasteiger partial charge in [-0.3, -0.25) is 0 Å². The molecule has 8 heteroatoms. The van der Waals surface area contributed by atoms with Crippen LogP contribution in [0.15, 0.2) is 23.2 Å². The number of ether oxygens (including phenoxy) is 2. The van der Waals surface area contributed by atoms with E-state index in [2.05, 4.69) is 41.3 Å². The zero-order valence-corrected chi connectivity index (χ0v) is 15.5. The van der Waals surface area contributed by atoms with E-state index in [4.69, 9.17) is 15.2 Å². The van der Waals surface area contributed by atoms with Gasteiger partial charge in [0.25, 0.3) is 0 Å². The van der Waals surface area contributed by atoms with E-state index >= 15 is 0 Å². The molecule has 2 heterocycles. The quantitative estimate of drug-likeness (QED) is 0.645. The average Bonchev–Trinajstić information content (AvgIpc) is 2.92. The molecule has 0 saturated heterocycles. The number of nitrogens with two attached hydrogens (primary N) is 1. The van der Waals surface area contributed by atoms with E-state index < -0.39 is 0 Å². The molecule has 0 unspecified atom stereocenters. The Morgan fingerprint density at radius 3 is 2.72 bits per heavy atom. The van der Waals surface area contributed by atoms with Crippen LogP contribution in [0.5, 0.6) is 11.5 Å². The van der Waals surface area contributed by atoms with Gasteiger partial charge in [-0.1, -0.05) is 32.1 Å². The maximum atomic E-state index is 5.98. The van der Waals surface area contributed by atoms with Crippen molar-refractivity contribution < 1.29 is 9.47 Å². The lowest BCUT2D eigenvalue weighted by molar-refractivity contribution is 0.297. The van der Waals surface area contributed by atoms with Gasteiger partial charge in [-0.2, -0.15) is 0 Å². The van der Waals surface area contributed by atoms with Crippen LogP contribution in [0.2, 0.25) is 0 Å². The Hall–Kier alpha value is -2.35. The van der Waals surface area contributed by atoms with Crippen molar-refractivity contribution in [1.82, 2.24) is 10.2 Å². The largest absolute Gasteiger partial charge is 0.490 e. The molecule has 3 N–H and O–H groups in total. The fourth-order valence-corrected chi connectivity index (χ4v) is 3.02. The highest BCUT2D eigenvalue weighted by atomic mass is 32.1. The van der Waals surface area contributed by atoms with Crippen molar-refractivity contribution in [1.29, 1.82) is 0 Å². The molecule has 0 aliphatic carbocycles. The van der Waals surface area contributed by atoms with Gasteiger partial charge in [0.05, 0.1) is 19.8 Å². The first-order valence-electron chi connectivity index (χ1n) is 8.21. The number of hydrogen-bond donors (Lipinski definition) is 2. The van der Waals surface area contributed by atoms with Gasteiger partial charge in [0.15, 0.2) is 17.5 Å². The van der Waals surface area contributed by atoms with Crippen molar-refractivity contribution in [3.05, 3.63) is 28.2 Å².